The van der Waals surface area contributed by atoms with Gasteiger partial charge in [0.05, 0.1) is 29.7 Å². The van der Waals surface area contributed by atoms with Crippen molar-refractivity contribution in [1.29, 1.82) is 0 Å². The number of amides is 1. The van der Waals surface area contributed by atoms with Gasteiger partial charge in [0.15, 0.2) is 0 Å². The number of carbonyl (C=O) groups excluding carboxylic acids is 1. The van der Waals surface area contributed by atoms with Crippen molar-refractivity contribution >= 4 is 17.4 Å². The SMILES string of the molecule is Cn1cc(C(=O)Nc2ccc(N3CCCC3)cn2)c(C2CCOC2)n1. The molecule has 2 aliphatic heterocycles. The summed E-state index contributed by atoms with van der Waals surface area (Å²) in [5, 5.41) is 7.36. The van der Waals surface area contributed by atoms with Gasteiger partial charge < -0.3 is 15.0 Å². The molecule has 0 spiro atoms. The molecule has 1 N–H and O–H groups in total. The van der Waals surface area contributed by atoms with E-state index in [9.17, 15) is 4.79 Å². The van der Waals surface area contributed by atoms with E-state index in [1.807, 2.05) is 25.4 Å². The zero-order valence-corrected chi connectivity index (χ0v) is 14.4. The van der Waals surface area contributed by atoms with Crippen molar-refractivity contribution in [3.8, 4) is 0 Å². The Morgan fingerprint density at radius 3 is 2.84 bits per heavy atom. The number of rotatable bonds is 4. The molecule has 1 amide bonds. The topological polar surface area (TPSA) is 72.3 Å². The Morgan fingerprint density at radius 1 is 1.32 bits per heavy atom. The molecule has 1 atom stereocenters. The first-order valence-corrected chi connectivity index (χ1v) is 8.84. The third-order valence-electron chi connectivity index (χ3n) is 4.88. The lowest BCUT2D eigenvalue weighted by atomic mass is 10.0. The molecule has 2 fully saturated rings. The summed E-state index contributed by atoms with van der Waals surface area (Å²) in [6.07, 6.45) is 6.96. The smallest absolute Gasteiger partial charge is 0.260 e. The third-order valence-corrected chi connectivity index (χ3v) is 4.88. The van der Waals surface area contributed by atoms with Crippen molar-refractivity contribution < 1.29 is 9.53 Å². The van der Waals surface area contributed by atoms with Crippen LogP contribution in [-0.2, 0) is 11.8 Å². The summed E-state index contributed by atoms with van der Waals surface area (Å²) >= 11 is 0. The molecule has 0 bridgehead atoms. The van der Waals surface area contributed by atoms with Gasteiger partial charge in [-0.25, -0.2) is 4.98 Å². The predicted molar refractivity (Wildman–Crippen MR) is 95.0 cm³/mol. The third kappa shape index (κ3) is 3.37. The van der Waals surface area contributed by atoms with Gasteiger partial charge in [-0.15, -0.1) is 0 Å². The highest BCUT2D eigenvalue weighted by Gasteiger charge is 2.26. The molecule has 2 saturated heterocycles. The van der Waals surface area contributed by atoms with Crippen LogP contribution in [0.4, 0.5) is 11.5 Å². The van der Waals surface area contributed by atoms with Crippen molar-refractivity contribution in [2.45, 2.75) is 25.2 Å². The normalized spacial score (nSPS) is 20.2. The highest BCUT2D eigenvalue weighted by Crippen LogP contribution is 2.27. The monoisotopic (exact) mass is 341 g/mol. The molecule has 0 aliphatic carbocycles. The standard InChI is InChI=1S/C18H23N5O2/c1-22-11-15(17(21-22)13-6-9-25-12-13)18(24)20-16-5-4-14(10-19-16)23-7-2-3-8-23/h4-5,10-11,13H,2-3,6-9,12H2,1H3,(H,19,20,24). The van der Waals surface area contributed by atoms with Crippen LogP contribution in [0.2, 0.25) is 0 Å². The molecular formula is C18H23N5O2. The lowest BCUT2D eigenvalue weighted by Crippen LogP contribution is -2.18. The second-order valence-electron chi connectivity index (χ2n) is 6.71. The van der Waals surface area contributed by atoms with E-state index in [1.165, 1.54) is 12.8 Å². The number of nitrogens with one attached hydrogen (secondary N) is 1. The van der Waals surface area contributed by atoms with Crippen LogP contribution in [0.15, 0.2) is 24.5 Å². The van der Waals surface area contributed by atoms with Gasteiger partial charge in [0, 0.05) is 38.9 Å². The number of hydrogen-bond acceptors (Lipinski definition) is 5. The predicted octanol–water partition coefficient (Wildman–Crippen LogP) is 2.17. The maximum Gasteiger partial charge on any atom is 0.260 e. The average molecular weight is 341 g/mol. The number of nitrogens with zero attached hydrogens (tertiary/aromatic N) is 4. The first-order valence-electron chi connectivity index (χ1n) is 8.84. The Kier molecular flexibility index (Phi) is 4.40. The van der Waals surface area contributed by atoms with Crippen molar-refractivity contribution in [3.05, 3.63) is 35.8 Å². The van der Waals surface area contributed by atoms with Crippen LogP contribution in [0.25, 0.3) is 0 Å². The molecular weight excluding hydrogens is 318 g/mol. The summed E-state index contributed by atoms with van der Waals surface area (Å²) in [7, 11) is 1.83. The summed E-state index contributed by atoms with van der Waals surface area (Å²) in [5.41, 5.74) is 2.52. The van der Waals surface area contributed by atoms with Gasteiger partial charge >= 0.3 is 0 Å². The van der Waals surface area contributed by atoms with Crippen molar-refractivity contribution in [3.63, 3.8) is 0 Å². The Hall–Kier alpha value is -2.41. The van der Waals surface area contributed by atoms with E-state index in [2.05, 4.69) is 20.3 Å². The molecule has 1 unspecified atom stereocenters. The Morgan fingerprint density at radius 2 is 2.16 bits per heavy atom. The van der Waals surface area contributed by atoms with Crippen LogP contribution in [0.1, 0.15) is 41.2 Å². The molecule has 4 rings (SSSR count). The first kappa shape index (κ1) is 16.1. The fourth-order valence-corrected chi connectivity index (χ4v) is 3.54. The van der Waals surface area contributed by atoms with Gasteiger partial charge in [0.25, 0.3) is 5.91 Å². The molecule has 7 nitrogen and oxygen atoms in total. The number of pyridine rings is 1. The van der Waals surface area contributed by atoms with Gasteiger partial charge in [-0.05, 0) is 31.4 Å². The summed E-state index contributed by atoms with van der Waals surface area (Å²) in [4.78, 5) is 19.4. The number of ether oxygens (including phenoxy) is 1. The molecule has 0 aromatic carbocycles. The maximum atomic E-state index is 12.7. The van der Waals surface area contributed by atoms with Crippen LogP contribution in [0.3, 0.4) is 0 Å². The lowest BCUT2D eigenvalue weighted by Gasteiger charge is -2.17. The van der Waals surface area contributed by atoms with E-state index >= 15 is 0 Å². The van der Waals surface area contributed by atoms with E-state index in [0.717, 1.165) is 37.5 Å². The molecule has 25 heavy (non-hydrogen) atoms. The number of carbonyl (C=O) groups is 1. The molecule has 4 heterocycles. The van der Waals surface area contributed by atoms with Gasteiger partial charge in [-0.1, -0.05) is 0 Å². The van der Waals surface area contributed by atoms with E-state index in [4.69, 9.17) is 4.74 Å². The minimum Gasteiger partial charge on any atom is -0.381 e. The highest BCUT2D eigenvalue weighted by molar-refractivity contribution is 6.04. The number of aromatic nitrogens is 3. The summed E-state index contributed by atoms with van der Waals surface area (Å²) in [6.45, 7) is 3.51. The van der Waals surface area contributed by atoms with Gasteiger partial charge in [-0.3, -0.25) is 9.48 Å². The molecule has 2 aliphatic rings. The summed E-state index contributed by atoms with van der Waals surface area (Å²) in [6, 6.07) is 3.88. The minimum atomic E-state index is -0.170. The van der Waals surface area contributed by atoms with Gasteiger partial charge in [0.2, 0.25) is 0 Å². The zero-order valence-electron chi connectivity index (χ0n) is 14.4. The largest absolute Gasteiger partial charge is 0.381 e. The highest BCUT2D eigenvalue weighted by atomic mass is 16.5. The van der Waals surface area contributed by atoms with E-state index in [1.54, 1.807) is 10.9 Å². The quantitative estimate of drug-likeness (QED) is 0.923. The first-order chi connectivity index (χ1) is 12.2. The lowest BCUT2D eigenvalue weighted by molar-refractivity contribution is 0.102. The average Bonchev–Trinajstić information content (AvgIpc) is 3.36. The molecule has 132 valence electrons. The van der Waals surface area contributed by atoms with Gasteiger partial charge in [-0.2, -0.15) is 5.10 Å². The zero-order chi connectivity index (χ0) is 17.2. The van der Waals surface area contributed by atoms with Crippen molar-refractivity contribution in [2.75, 3.05) is 36.5 Å². The molecule has 0 radical (unpaired) electrons. The molecule has 2 aromatic heterocycles. The Labute approximate surface area is 147 Å². The van der Waals surface area contributed by atoms with Crippen LogP contribution < -0.4 is 10.2 Å². The number of aryl methyl sites for hydroxylation is 1. The van der Waals surface area contributed by atoms with E-state index in [-0.39, 0.29) is 11.8 Å². The molecule has 0 saturated carbocycles. The Bertz CT molecular complexity index is 743. The van der Waals surface area contributed by atoms with Gasteiger partial charge in [0.1, 0.15) is 5.82 Å². The van der Waals surface area contributed by atoms with Crippen LogP contribution in [0, 0.1) is 0 Å². The maximum absolute atomic E-state index is 12.7. The van der Waals surface area contributed by atoms with Crippen LogP contribution in [0.5, 0.6) is 0 Å². The minimum absolute atomic E-state index is 0.170. The summed E-state index contributed by atoms with van der Waals surface area (Å²) in [5.74, 6) is 0.578. The van der Waals surface area contributed by atoms with E-state index < -0.39 is 0 Å². The van der Waals surface area contributed by atoms with Crippen molar-refractivity contribution in [1.82, 2.24) is 14.8 Å². The van der Waals surface area contributed by atoms with Crippen molar-refractivity contribution in [2.24, 2.45) is 7.05 Å². The number of anilines is 2. The molecule has 2 aromatic rings. The second kappa shape index (κ2) is 6.84. The second-order valence-corrected chi connectivity index (χ2v) is 6.71. The number of hydrogen-bond donors (Lipinski definition) is 1. The summed E-state index contributed by atoms with van der Waals surface area (Å²) < 4.78 is 7.12. The molecule has 7 heteroatoms. The fraction of sp³-hybridized carbons (Fsp3) is 0.500. The fourth-order valence-electron chi connectivity index (χ4n) is 3.54. The van der Waals surface area contributed by atoms with Crippen LogP contribution >= 0.6 is 0 Å². The Balaban J connectivity index is 1.48. The van der Waals surface area contributed by atoms with E-state index in [0.29, 0.717) is 18.0 Å². The van der Waals surface area contributed by atoms with Crippen LogP contribution in [-0.4, -0.2) is 47.0 Å².